The highest BCUT2D eigenvalue weighted by Gasteiger charge is 2.30. The third-order valence-corrected chi connectivity index (χ3v) is 4.55. The second-order valence-electron chi connectivity index (χ2n) is 5.54. The lowest BCUT2D eigenvalue weighted by molar-refractivity contribution is -0.145. The van der Waals surface area contributed by atoms with Gasteiger partial charge in [-0.05, 0) is 65.8 Å². The van der Waals surface area contributed by atoms with Crippen molar-refractivity contribution < 1.29 is 28.6 Å². The second kappa shape index (κ2) is 9.65. The third-order valence-electron chi connectivity index (χ3n) is 3.59. The summed E-state index contributed by atoms with van der Waals surface area (Å²) in [5, 5.41) is 2.50. The average Bonchev–Trinajstić information content (AvgIpc) is 2.63. The van der Waals surface area contributed by atoms with E-state index in [1.54, 1.807) is 26.0 Å². The van der Waals surface area contributed by atoms with Gasteiger partial charge < -0.3 is 14.2 Å². The number of amides is 2. The lowest BCUT2D eigenvalue weighted by Gasteiger charge is -2.25. The van der Waals surface area contributed by atoms with Gasteiger partial charge in [0.05, 0.1) is 17.7 Å². The molecule has 1 aliphatic rings. The number of thiocarbonyl (C=S) groups is 1. The Morgan fingerprint density at radius 1 is 1.25 bits per heavy atom. The number of hydrogen-bond acceptors (Lipinski definition) is 7. The van der Waals surface area contributed by atoms with E-state index in [0.29, 0.717) is 28.1 Å². The first kappa shape index (κ1) is 21.8. The standard InChI is InChI=1S/C18H19BrN2O6S/c1-4-25-13-8-10(6-11-16(23)20-18(28)21(3)17(11)24)7-12(19)15(13)27-9-14(22)26-5-2/h6-8H,4-5,9H2,1-3H3,(H,20,23,28)/b11-6+. The van der Waals surface area contributed by atoms with E-state index in [1.165, 1.54) is 18.0 Å². The quantitative estimate of drug-likeness (QED) is 0.282. The molecule has 0 bridgehead atoms. The van der Waals surface area contributed by atoms with Crippen molar-refractivity contribution in [1.29, 1.82) is 0 Å². The molecular formula is C18H19BrN2O6S. The minimum absolute atomic E-state index is 0.0473. The molecule has 1 aromatic carbocycles. The van der Waals surface area contributed by atoms with Crippen molar-refractivity contribution in [3.8, 4) is 11.5 Å². The first-order valence-electron chi connectivity index (χ1n) is 8.38. The van der Waals surface area contributed by atoms with Crippen LogP contribution in [0, 0.1) is 0 Å². The number of benzene rings is 1. The molecule has 0 radical (unpaired) electrons. The van der Waals surface area contributed by atoms with Crippen molar-refractivity contribution in [3.05, 3.63) is 27.7 Å². The van der Waals surface area contributed by atoms with Crippen molar-refractivity contribution in [2.75, 3.05) is 26.9 Å². The van der Waals surface area contributed by atoms with E-state index in [1.807, 2.05) is 0 Å². The van der Waals surface area contributed by atoms with Gasteiger partial charge in [-0.15, -0.1) is 0 Å². The SMILES string of the molecule is CCOC(=O)COc1c(Br)cc(/C=C2\C(=O)NC(=S)N(C)C2=O)cc1OCC. The van der Waals surface area contributed by atoms with Crippen LogP contribution in [0.3, 0.4) is 0 Å². The van der Waals surface area contributed by atoms with Crippen molar-refractivity contribution in [3.63, 3.8) is 0 Å². The Bertz CT molecular complexity index is 855. The monoisotopic (exact) mass is 470 g/mol. The second-order valence-corrected chi connectivity index (χ2v) is 6.78. The summed E-state index contributed by atoms with van der Waals surface area (Å²) in [5.41, 5.74) is 0.462. The lowest BCUT2D eigenvalue weighted by Crippen LogP contribution is -2.52. The van der Waals surface area contributed by atoms with Crippen molar-refractivity contribution >= 4 is 57.1 Å². The van der Waals surface area contributed by atoms with Crippen LogP contribution in [0.15, 0.2) is 22.2 Å². The molecule has 0 aliphatic carbocycles. The molecule has 0 saturated carbocycles. The van der Waals surface area contributed by atoms with Gasteiger partial charge in [0.1, 0.15) is 5.57 Å². The molecule has 0 spiro atoms. The maximum absolute atomic E-state index is 12.3. The van der Waals surface area contributed by atoms with Gasteiger partial charge >= 0.3 is 5.97 Å². The van der Waals surface area contributed by atoms with E-state index in [2.05, 4.69) is 21.2 Å². The van der Waals surface area contributed by atoms with Gasteiger partial charge in [0.15, 0.2) is 23.2 Å². The Morgan fingerprint density at radius 2 is 1.96 bits per heavy atom. The molecule has 2 amide bonds. The van der Waals surface area contributed by atoms with Crippen LogP contribution in [0.4, 0.5) is 0 Å². The van der Waals surface area contributed by atoms with Gasteiger partial charge in [0, 0.05) is 7.05 Å². The van der Waals surface area contributed by atoms with Gasteiger partial charge in [0.2, 0.25) is 0 Å². The van der Waals surface area contributed by atoms with E-state index in [4.69, 9.17) is 26.4 Å². The minimum atomic E-state index is -0.579. The molecule has 1 aliphatic heterocycles. The van der Waals surface area contributed by atoms with Crippen LogP contribution >= 0.6 is 28.1 Å². The molecule has 10 heteroatoms. The molecule has 1 heterocycles. The molecule has 0 aromatic heterocycles. The van der Waals surface area contributed by atoms with Gasteiger partial charge in [-0.25, -0.2) is 4.79 Å². The highest BCUT2D eigenvalue weighted by Crippen LogP contribution is 2.37. The molecule has 1 saturated heterocycles. The summed E-state index contributed by atoms with van der Waals surface area (Å²) in [6.07, 6.45) is 1.43. The summed E-state index contributed by atoms with van der Waals surface area (Å²) in [7, 11) is 1.48. The highest BCUT2D eigenvalue weighted by molar-refractivity contribution is 9.10. The fourth-order valence-electron chi connectivity index (χ4n) is 2.32. The molecule has 28 heavy (non-hydrogen) atoms. The third kappa shape index (κ3) is 5.08. The zero-order chi connectivity index (χ0) is 20.8. The summed E-state index contributed by atoms with van der Waals surface area (Å²) in [6.45, 7) is 3.81. The Balaban J connectivity index is 2.36. The molecule has 1 aromatic rings. The lowest BCUT2D eigenvalue weighted by atomic mass is 10.1. The van der Waals surface area contributed by atoms with E-state index >= 15 is 0 Å². The van der Waals surface area contributed by atoms with Crippen LogP contribution in [0.2, 0.25) is 0 Å². The van der Waals surface area contributed by atoms with Gasteiger partial charge in [-0.3, -0.25) is 19.8 Å². The Labute approximate surface area is 175 Å². The minimum Gasteiger partial charge on any atom is -0.490 e. The van der Waals surface area contributed by atoms with Crippen molar-refractivity contribution in [2.45, 2.75) is 13.8 Å². The fraction of sp³-hybridized carbons (Fsp3) is 0.333. The Kier molecular flexibility index (Phi) is 7.53. The number of hydrogen-bond donors (Lipinski definition) is 1. The number of ether oxygens (including phenoxy) is 3. The molecule has 1 fully saturated rings. The van der Waals surface area contributed by atoms with Gasteiger partial charge in [-0.2, -0.15) is 0 Å². The number of likely N-dealkylation sites (N-methyl/N-ethyl adjacent to an activating group) is 1. The van der Waals surface area contributed by atoms with E-state index in [-0.39, 0.29) is 23.9 Å². The fourth-order valence-corrected chi connectivity index (χ4v) is 3.07. The molecule has 150 valence electrons. The number of esters is 1. The maximum atomic E-state index is 12.3. The van der Waals surface area contributed by atoms with E-state index in [0.717, 1.165) is 0 Å². The predicted octanol–water partition coefficient (Wildman–Crippen LogP) is 2.05. The zero-order valence-electron chi connectivity index (χ0n) is 15.5. The summed E-state index contributed by atoms with van der Waals surface area (Å²) < 4.78 is 16.4. The summed E-state index contributed by atoms with van der Waals surface area (Å²) in [5.74, 6) is -0.933. The van der Waals surface area contributed by atoms with Crippen LogP contribution in [0.1, 0.15) is 19.4 Å². The van der Waals surface area contributed by atoms with Crippen LogP contribution in [-0.4, -0.2) is 54.7 Å². The Morgan fingerprint density at radius 3 is 2.61 bits per heavy atom. The number of nitrogens with one attached hydrogen (secondary N) is 1. The van der Waals surface area contributed by atoms with E-state index in [9.17, 15) is 14.4 Å². The molecule has 1 N–H and O–H groups in total. The van der Waals surface area contributed by atoms with Crippen molar-refractivity contribution in [2.24, 2.45) is 0 Å². The van der Waals surface area contributed by atoms with Gasteiger partial charge in [-0.1, -0.05) is 0 Å². The number of carbonyl (C=O) groups is 3. The average molecular weight is 471 g/mol. The van der Waals surface area contributed by atoms with Crippen LogP contribution in [0.25, 0.3) is 6.08 Å². The molecule has 0 unspecified atom stereocenters. The van der Waals surface area contributed by atoms with Gasteiger partial charge in [0.25, 0.3) is 11.8 Å². The zero-order valence-corrected chi connectivity index (χ0v) is 17.9. The number of nitrogens with zero attached hydrogens (tertiary/aromatic N) is 1. The summed E-state index contributed by atoms with van der Waals surface area (Å²) in [4.78, 5) is 37.2. The first-order valence-corrected chi connectivity index (χ1v) is 9.58. The number of carbonyl (C=O) groups excluding carboxylic acids is 3. The molecule has 8 nitrogen and oxygen atoms in total. The first-order chi connectivity index (χ1) is 13.3. The number of rotatable bonds is 7. The Hall–Kier alpha value is -2.46. The van der Waals surface area contributed by atoms with Crippen LogP contribution < -0.4 is 14.8 Å². The normalized spacial score (nSPS) is 15.5. The smallest absolute Gasteiger partial charge is 0.344 e. The summed E-state index contributed by atoms with van der Waals surface area (Å²) >= 11 is 8.30. The largest absolute Gasteiger partial charge is 0.490 e. The maximum Gasteiger partial charge on any atom is 0.344 e. The number of halogens is 1. The van der Waals surface area contributed by atoms with E-state index < -0.39 is 17.8 Å². The topological polar surface area (TPSA) is 94.2 Å². The summed E-state index contributed by atoms with van der Waals surface area (Å²) in [6, 6.07) is 3.25. The molecule has 0 atom stereocenters. The van der Waals surface area contributed by atoms with Crippen LogP contribution in [0.5, 0.6) is 11.5 Å². The molecule has 2 rings (SSSR count). The van der Waals surface area contributed by atoms with Crippen LogP contribution in [-0.2, 0) is 19.1 Å². The highest BCUT2D eigenvalue weighted by atomic mass is 79.9. The predicted molar refractivity (Wildman–Crippen MR) is 109 cm³/mol. The van der Waals surface area contributed by atoms with Crippen molar-refractivity contribution in [1.82, 2.24) is 10.2 Å². The molecular weight excluding hydrogens is 452 g/mol.